The Balaban J connectivity index is 2.13. The number of pyridine rings is 1. The van der Waals surface area contributed by atoms with Crippen molar-refractivity contribution in [1.82, 2.24) is 10.3 Å². The van der Waals surface area contributed by atoms with Crippen LogP contribution in [0.3, 0.4) is 0 Å². The lowest BCUT2D eigenvalue weighted by atomic mass is 10.2. The van der Waals surface area contributed by atoms with Crippen LogP contribution in [-0.2, 0) is 13.2 Å². The van der Waals surface area contributed by atoms with E-state index in [2.05, 4.69) is 46.1 Å². The smallest absolute Gasteiger partial charge is 0.138 e. The highest BCUT2D eigenvalue weighted by atomic mass is 79.9. The van der Waals surface area contributed by atoms with Gasteiger partial charge in [0, 0.05) is 24.3 Å². The molecule has 0 atom stereocenters. The standard InChI is InChI=1S/C17H21BrN2O/c1-12(2)20-10-14-7-4-8-15(18)17(14)21-11-16-13(3)6-5-9-19-16/h4-9,12,20H,10-11H2,1-3H3. The number of hydrogen-bond acceptors (Lipinski definition) is 3. The third-order valence-corrected chi connectivity index (χ3v) is 3.84. The van der Waals surface area contributed by atoms with E-state index in [9.17, 15) is 0 Å². The largest absolute Gasteiger partial charge is 0.486 e. The number of benzene rings is 1. The fraction of sp³-hybridized carbons (Fsp3) is 0.353. The maximum absolute atomic E-state index is 6.02. The normalized spacial score (nSPS) is 10.9. The molecule has 4 heteroatoms. The van der Waals surface area contributed by atoms with Crippen molar-refractivity contribution >= 4 is 15.9 Å². The van der Waals surface area contributed by atoms with Gasteiger partial charge in [-0.2, -0.15) is 0 Å². The van der Waals surface area contributed by atoms with Crippen molar-refractivity contribution in [1.29, 1.82) is 0 Å². The summed E-state index contributed by atoms with van der Waals surface area (Å²) in [4.78, 5) is 4.37. The van der Waals surface area contributed by atoms with Gasteiger partial charge in [-0.25, -0.2) is 0 Å². The Labute approximate surface area is 134 Å². The van der Waals surface area contributed by atoms with E-state index in [0.29, 0.717) is 12.6 Å². The molecule has 112 valence electrons. The van der Waals surface area contributed by atoms with Gasteiger partial charge in [-0.3, -0.25) is 4.98 Å². The molecule has 0 radical (unpaired) electrons. The highest BCUT2D eigenvalue weighted by Gasteiger charge is 2.10. The molecule has 2 rings (SSSR count). The van der Waals surface area contributed by atoms with Gasteiger partial charge in [0.1, 0.15) is 12.4 Å². The summed E-state index contributed by atoms with van der Waals surface area (Å²) in [5.41, 5.74) is 3.26. The van der Waals surface area contributed by atoms with Crippen molar-refractivity contribution in [2.24, 2.45) is 0 Å². The summed E-state index contributed by atoms with van der Waals surface area (Å²) < 4.78 is 6.99. The van der Waals surface area contributed by atoms with Crippen molar-refractivity contribution < 1.29 is 4.74 Å². The zero-order chi connectivity index (χ0) is 15.2. The maximum atomic E-state index is 6.02. The average Bonchev–Trinajstić information content (AvgIpc) is 2.45. The van der Waals surface area contributed by atoms with Crippen LogP contribution in [-0.4, -0.2) is 11.0 Å². The second-order valence-electron chi connectivity index (χ2n) is 5.32. The molecular formula is C17H21BrN2O. The molecule has 1 aromatic heterocycles. The van der Waals surface area contributed by atoms with Crippen LogP contribution in [0, 0.1) is 6.92 Å². The van der Waals surface area contributed by atoms with Crippen LogP contribution in [0.1, 0.15) is 30.7 Å². The minimum absolute atomic E-state index is 0.440. The van der Waals surface area contributed by atoms with Gasteiger partial charge < -0.3 is 10.1 Å². The van der Waals surface area contributed by atoms with Gasteiger partial charge in [-0.1, -0.05) is 32.0 Å². The number of nitrogens with one attached hydrogen (secondary N) is 1. The van der Waals surface area contributed by atoms with Gasteiger partial charge >= 0.3 is 0 Å². The Morgan fingerprint density at radius 3 is 2.76 bits per heavy atom. The molecule has 2 aromatic rings. The summed E-state index contributed by atoms with van der Waals surface area (Å²) in [6, 6.07) is 10.5. The van der Waals surface area contributed by atoms with E-state index in [-0.39, 0.29) is 0 Å². The first-order valence-corrected chi connectivity index (χ1v) is 7.91. The molecule has 0 saturated carbocycles. The predicted molar refractivity (Wildman–Crippen MR) is 89.4 cm³/mol. The van der Waals surface area contributed by atoms with Crippen LogP contribution in [0.5, 0.6) is 5.75 Å². The number of hydrogen-bond donors (Lipinski definition) is 1. The number of halogens is 1. The molecule has 0 spiro atoms. The second-order valence-corrected chi connectivity index (χ2v) is 6.17. The van der Waals surface area contributed by atoms with Gasteiger partial charge in [0.05, 0.1) is 10.2 Å². The lowest BCUT2D eigenvalue weighted by Gasteiger charge is -2.15. The molecule has 1 heterocycles. The molecule has 0 saturated heterocycles. The van der Waals surface area contributed by atoms with Crippen LogP contribution < -0.4 is 10.1 Å². The zero-order valence-electron chi connectivity index (χ0n) is 12.7. The monoisotopic (exact) mass is 348 g/mol. The van der Waals surface area contributed by atoms with Crippen molar-refractivity contribution in [2.45, 2.75) is 40.0 Å². The van der Waals surface area contributed by atoms with Crippen molar-refractivity contribution in [2.75, 3.05) is 0 Å². The Kier molecular flexibility index (Phi) is 5.76. The molecule has 0 aliphatic rings. The number of para-hydroxylation sites is 1. The second kappa shape index (κ2) is 7.57. The Morgan fingerprint density at radius 1 is 1.24 bits per heavy atom. The maximum Gasteiger partial charge on any atom is 0.138 e. The fourth-order valence-electron chi connectivity index (χ4n) is 1.98. The van der Waals surface area contributed by atoms with Crippen LogP contribution >= 0.6 is 15.9 Å². The first-order chi connectivity index (χ1) is 10.1. The van der Waals surface area contributed by atoms with Gasteiger partial charge in [-0.05, 0) is 40.5 Å². The van der Waals surface area contributed by atoms with Gasteiger partial charge in [0.15, 0.2) is 0 Å². The molecule has 0 bridgehead atoms. The van der Waals surface area contributed by atoms with Crippen LogP contribution in [0.25, 0.3) is 0 Å². The highest BCUT2D eigenvalue weighted by molar-refractivity contribution is 9.10. The third kappa shape index (κ3) is 4.55. The number of aryl methyl sites for hydroxylation is 1. The molecule has 0 amide bonds. The number of rotatable bonds is 6. The van der Waals surface area contributed by atoms with Crippen molar-refractivity contribution in [3.63, 3.8) is 0 Å². The van der Waals surface area contributed by atoms with Crippen LogP contribution in [0.2, 0.25) is 0 Å². The molecule has 0 aliphatic heterocycles. The minimum atomic E-state index is 0.440. The average molecular weight is 349 g/mol. The Morgan fingerprint density at radius 2 is 2.05 bits per heavy atom. The van der Waals surface area contributed by atoms with Crippen molar-refractivity contribution in [3.05, 3.63) is 57.8 Å². The summed E-state index contributed by atoms with van der Waals surface area (Å²) in [6.07, 6.45) is 1.80. The fourth-order valence-corrected chi connectivity index (χ4v) is 2.50. The quantitative estimate of drug-likeness (QED) is 0.848. The number of ether oxygens (including phenoxy) is 1. The summed E-state index contributed by atoms with van der Waals surface area (Å²) in [6.45, 7) is 7.58. The van der Waals surface area contributed by atoms with E-state index >= 15 is 0 Å². The van der Waals surface area contributed by atoms with Crippen molar-refractivity contribution in [3.8, 4) is 5.75 Å². The van der Waals surface area contributed by atoms with Crippen LogP contribution in [0.15, 0.2) is 41.0 Å². The third-order valence-electron chi connectivity index (χ3n) is 3.22. The molecule has 1 aromatic carbocycles. The van der Waals surface area contributed by atoms with E-state index in [0.717, 1.165) is 33.6 Å². The van der Waals surface area contributed by atoms with Crippen LogP contribution in [0.4, 0.5) is 0 Å². The molecule has 1 N–H and O–H groups in total. The lowest BCUT2D eigenvalue weighted by molar-refractivity contribution is 0.294. The minimum Gasteiger partial charge on any atom is -0.486 e. The molecular weight excluding hydrogens is 328 g/mol. The van der Waals surface area contributed by atoms with E-state index in [4.69, 9.17) is 4.74 Å². The predicted octanol–water partition coefficient (Wildman–Crippen LogP) is 4.23. The summed E-state index contributed by atoms with van der Waals surface area (Å²) in [5.74, 6) is 0.885. The molecule has 0 aliphatic carbocycles. The Hall–Kier alpha value is -1.39. The summed E-state index contributed by atoms with van der Waals surface area (Å²) in [7, 11) is 0. The topological polar surface area (TPSA) is 34.1 Å². The molecule has 0 fully saturated rings. The highest BCUT2D eigenvalue weighted by Crippen LogP contribution is 2.30. The molecule has 21 heavy (non-hydrogen) atoms. The number of aromatic nitrogens is 1. The first-order valence-electron chi connectivity index (χ1n) is 7.12. The number of nitrogens with zero attached hydrogens (tertiary/aromatic N) is 1. The SMILES string of the molecule is Cc1cccnc1COc1c(Br)cccc1CNC(C)C. The van der Waals surface area contributed by atoms with E-state index in [1.165, 1.54) is 0 Å². The van der Waals surface area contributed by atoms with Gasteiger partial charge in [0.2, 0.25) is 0 Å². The van der Waals surface area contributed by atoms with E-state index in [1.54, 1.807) is 6.20 Å². The first kappa shape index (κ1) is 16.0. The van der Waals surface area contributed by atoms with Gasteiger partial charge in [-0.15, -0.1) is 0 Å². The summed E-state index contributed by atoms with van der Waals surface area (Å²) >= 11 is 3.57. The van der Waals surface area contributed by atoms with E-state index < -0.39 is 0 Å². The van der Waals surface area contributed by atoms with E-state index in [1.807, 2.05) is 31.2 Å². The Bertz CT molecular complexity index is 599. The lowest BCUT2D eigenvalue weighted by Crippen LogP contribution is -2.22. The molecule has 3 nitrogen and oxygen atoms in total. The van der Waals surface area contributed by atoms with Gasteiger partial charge in [0.25, 0.3) is 0 Å². The zero-order valence-corrected chi connectivity index (χ0v) is 14.3. The summed E-state index contributed by atoms with van der Waals surface area (Å²) in [5, 5.41) is 3.42. The molecule has 0 unspecified atom stereocenters.